The number of aliphatic hydroxyl groups excluding tert-OH is 1. The predicted octanol–water partition coefficient (Wildman–Crippen LogP) is 7.22. The van der Waals surface area contributed by atoms with E-state index in [1.807, 2.05) is 23.5 Å². The van der Waals surface area contributed by atoms with E-state index in [1.165, 1.54) is 12.7 Å². The Bertz CT molecular complexity index is 742. The van der Waals surface area contributed by atoms with Crippen LogP contribution in [-0.2, 0) is 19.0 Å². The second-order valence-electron chi connectivity index (χ2n) is 12.7. The van der Waals surface area contributed by atoms with Crippen LogP contribution >= 0.6 is 23.5 Å². The van der Waals surface area contributed by atoms with E-state index in [4.69, 9.17) is 14.2 Å². The van der Waals surface area contributed by atoms with Crippen molar-refractivity contribution in [3.8, 4) is 0 Å². The number of carbonyl (C=O) groups excluding carboxylic acids is 1. The maximum absolute atomic E-state index is 12.9. The van der Waals surface area contributed by atoms with Crippen molar-refractivity contribution in [2.75, 3.05) is 38.6 Å². The van der Waals surface area contributed by atoms with Crippen molar-refractivity contribution >= 4 is 55.9 Å². The first-order valence-electron chi connectivity index (χ1n) is 13.7. The standard InChI is InChI=1S/C25H45O5S2Si.3CH3.Sn/c1-8-22(24(27)28-4)23(26)25(31-14-10-15-32-25)17-20(2)11-9-12-21(3)18-30-19-29-13-16-33(5,6)7;;;;/h12,20,22-23,26H,1,9-11,13-19H2,2-7H3;3*1H3;/b21-12+;;;;/t20-,22-,23-;;;;/m0..../s1. The fraction of sp³-hybridized carbons (Fsp3) is 0.821. The van der Waals surface area contributed by atoms with E-state index in [1.54, 1.807) is 0 Å². The van der Waals surface area contributed by atoms with Gasteiger partial charge >= 0.3 is 191 Å². The molecule has 1 aliphatic heterocycles. The molecule has 0 aliphatic carbocycles. The quantitative estimate of drug-likeness (QED) is 0.0572. The molecule has 5 nitrogen and oxygen atoms in total. The van der Waals surface area contributed by atoms with Gasteiger partial charge in [0.2, 0.25) is 0 Å². The van der Waals surface area contributed by atoms with E-state index in [2.05, 4.69) is 61.0 Å². The van der Waals surface area contributed by atoms with Gasteiger partial charge in [-0.05, 0) is 6.04 Å². The summed E-state index contributed by atoms with van der Waals surface area (Å²) < 4.78 is 17.0. The SMILES string of the molecule is C=[C]([C@H](C(=O)OC)[C@H](O)C1(C[C@@H](C)CC/C=C(\C)COCOCC[Si](C)(C)C)SCCCS1)[Sn]([CH3])([CH3])[CH3]. The van der Waals surface area contributed by atoms with E-state index < -0.39 is 42.6 Å². The number of esters is 1. The van der Waals surface area contributed by atoms with E-state index in [0.29, 0.717) is 19.3 Å². The van der Waals surface area contributed by atoms with Crippen LogP contribution in [0.25, 0.3) is 0 Å². The summed E-state index contributed by atoms with van der Waals surface area (Å²) in [4.78, 5) is 19.6. The summed E-state index contributed by atoms with van der Waals surface area (Å²) >= 11 is 1.000. The molecule has 37 heavy (non-hydrogen) atoms. The summed E-state index contributed by atoms with van der Waals surface area (Å²) in [5, 5.41) is 11.8. The van der Waals surface area contributed by atoms with Crippen molar-refractivity contribution in [3.63, 3.8) is 0 Å². The Hall–Kier alpha value is 0.546. The van der Waals surface area contributed by atoms with E-state index in [0.717, 1.165) is 53.4 Å². The second kappa shape index (κ2) is 16.7. The van der Waals surface area contributed by atoms with Crippen molar-refractivity contribution in [1.82, 2.24) is 0 Å². The Labute approximate surface area is 241 Å². The van der Waals surface area contributed by atoms with Crippen LogP contribution in [0.15, 0.2) is 21.8 Å². The minimum atomic E-state index is -2.66. The second-order valence-corrected chi connectivity index (χ2v) is 36.1. The average molecular weight is 682 g/mol. The van der Waals surface area contributed by atoms with Crippen LogP contribution in [0.4, 0.5) is 0 Å². The predicted molar refractivity (Wildman–Crippen MR) is 168 cm³/mol. The van der Waals surface area contributed by atoms with Gasteiger partial charge in [-0.15, -0.1) is 0 Å². The number of ether oxygens (including phenoxy) is 3. The van der Waals surface area contributed by atoms with E-state index in [-0.39, 0.29) is 5.97 Å². The third kappa shape index (κ3) is 13.2. The van der Waals surface area contributed by atoms with Gasteiger partial charge in [0.05, 0.1) is 0 Å². The first-order chi connectivity index (χ1) is 17.1. The molecule has 1 fully saturated rings. The Morgan fingerprint density at radius 2 is 1.81 bits per heavy atom. The van der Waals surface area contributed by atoms with Gasteiger partial charge in [-0.2, -0.15) is 0 Å². The first kappa shape index (κ1) is 35.6. The fourth-order valence-corrected chi connectivity index (χ4v) is 12.2. The van der Waals surface area contributed by atoms with Crippen LogP contribution < -0.4 is 0 Å². The van der Waals surface area contributed by atoms with Crippen LogP contribution in [0.5, 0.6) is 0 Å². The number of rotatable bonds is 17. The molecule has 1 N–H and O–H groups in total. The summed E-state index contributed by atoms with van der Waals surface area (Å²) in [5.41, 5.74) is 1.22. The zero-order valence-corrected chi connectivity index (χ0v) is 30.5. The van der Waals surface area contributed by atoms with Crippen LogP contribution in [0.3, 0.4) is 0 Å². The molecule has 9 heteroatoms. The molecule has 1 heterocycles. The number of carbonyl (C=O) groups is 1. The number of aliphatic hydroxyl groups is 1. The summed E-state index contributed by atoms with van der Waals surface area (Å²) in [6.45, 7) is 17.5. The van der Waals surface area contributed by atoms with Crippen LogP contribution in [0.2, 0.25) is 40.5 Å². The molecule has 0 aromatic rings. The van der Waals surface area contributed by atoms with Crippen molar-refractivity contribution in [1.29, 1.82) is 0 Å². The number of methoxy groups -OCH3 is 1. The molecular weight excluding hydrogens is 627 g/mol. The number of allylic oxidation sites excluding steroid dienone is 1. The first-order valence-corrected chi connectivity index (χ1v) is 29.3. The summed E-state index contributed by atoms with van der Waals surface area (Å²) in [6, 6.07) is 1.16. The molecule has 0 amide bonds. The zero-order valence-electron chi connectivity index (χ0n) is 25.0. The van der Waals surface area contributed by atoms with Gasteiger partial charge in [-0.25, -0.2) is 0 Å². The van der Waals surface area contributed by atoms with Crippen molar-refractivity contribution in [2.24, 2.45) is 11.8 Å². The van der Waals surface area contributed by atoms with Gasteiger partial charge in [0, 0.05) is 14.7 Å². The fourth-order valence-electron chi connectivity index (χ4n) is 4.27. The number of hydrogen-bond acceptors (Lipinski definition) is 7. The molecule has 1 saturated heterocycles. The van der Waals surface area contributed by atoms with Gasteiger partial charge in [-0.1, -0.05) is 19.6 Å². The van der Waals surface area contributed by atoms with Crippen LogP contribution in [0, 0.1) is 11.8 Å². The average Bonchev–Trinajstić information content (AvgIpc) is 2.80. The van der Waals surface area contributed by atoms with Crippen molar-refractivity contribution < 1.29 is 24.1 Å². The summed E-state index contributed by atoms with van der Waals surface area (Å²) in [6.07, 6.45) is 5.45. The summed E-state index contributed by atoms with van der Waals surface area (Å²) in [7, 11) is 0.358. The minimum absolute atomic E-state index is 0.342. The molecule has 0 aromatic heterocycles. The van der Waals surface area contributed by atoms with Gasteiger partial charge in [-0.3, -0.25) is 0 Å². The van der Waals surface area contributed by atoms with Gasteiger partial charge in [0.1, 0.15) is 6.79 Å². The van der Waals surface area contributed by atoms with Crippen LogP contribution in [-0.4, -0.2) is 86.3 Å². The van der Waals surface area contributed by atoms with Crippen molar-refractivity contribution in [3.05, 3.63) is 21.8 Å². The molecule has 0 aromatic carbocycles. The molecule has 0 radical (unpaired) electrons. The van der Waals surface area contributed by atoms with E-state index >= 15 is 0 Å². The molecule has 0 spiro atoms. The Morgan fingerprint density at radius 3 is 2.35 bits per heavy atom. The molecule has 3 atom stereocenters. The van der Waals surface area contributed by atoms with Gasteiger partial charge in [0.25, 0.3) is 0 Å². The number of hydrogen-bond donors (Lipinski definition) is 1. The molecule has 1 rings (SSSR count). The van der Waals surface area contributed by atoms with Gasteiger partial charge in [0.15, 0.2) is 0 Å². The summed E-state index contributed by atoms with van der Waals surface area (Å²) in [5.74, 6) is 1.44. The third-order valence-electron chi connectivity index (χ3n) is 6.82. The Morgan fingerprint density at radius 1 is 1.19 bits per heavy atom. The zero-order chi connectivity index (χ0) is 28.3. The monoisotopic (exact) mass is 682 g/mol. The Kier molecular flexibility index (Phi) is 16.1. The molecule has 1 aliphatic rings. The molecule has 0 saturated carbocycles. The Balaban J connectivity index is 2.72. The maximum atomic E-state index is 12.9. The van der Waals surface area contributed by atoms with Crippen LogP contribution in [0.1, 0.15) is 39.5 Å². The molecule has 0 bridgehead atoms. The molecule has 0 unspecified atom stereocenters. The molecule has 216 valence electrons. The van der Waals surface area contributed by atoms with Gasteiger partial charge < -0.3 is 4.74 Å². The number of thioether (sulfide) groups is 2. The normalized spacial score (nSPS) is 19.2. The topological polar surface area (TPSA) is 65.0 Å². The van der Waals surface area contributed by atoms with E-state index in [9.17, 15) is 9.90 Å². The third-order valence-corrected chi connectivity index (χ3v) is 18.4. The van der Waals surface area contributed by atoms with Crippen molar-refractivity contribution in [2.45, 2.75) is 90.2 Å². The molecular formula is C28H54O5S2SiSn.